The van der Waals surface area contributed by atoms with Crippen LogP contribution < -0.4 is 19.5 Å². The molecule has 2 aromatic carbocycles. The number of fused-ring (bicyclic) bond motifs is 1. The van der Waals surface area contributed by atoms with Gasteiger partial charge < -0.3 is 19.8 Å². The standard InChI is InChI=1S/C19H21N3O5S/c1-11-7-16(26-3)17(27-4)10-18(11)28(24,25)22-13-5-6-14-12(8-13)9-15(21-14)19(23)20-2/h5-10,21-22H,1-4H3,(H,20,23). The van der Waals surface area contributed by atoms with Gasteiger partial charge in [0.25, 0.3) is 15.9 Å². The number of nitrogens with one attached hydrogen (secondary N) is 3. The van der Waals surface area contributed by atoms with Crippen molar-refractivity contribution in [3.8, 4) is 11.5 Å². The van der Waals surface area contributed by atoms with E-state index in [2.05, 4.69) is 15.0 Å². The van der Waals surface area contributed by atoms with Gasteiger partial charge in [-0.25, -0.2) is 8.42 Å². The van der Waals surface area contributed by atoms with E-state index < -0.39 is 10.0 Å². The Kier molecular flexibility index (Phi) is 5.19. The van der Waals surface area contributed by atoms with Gasteiger partial charge in [-0.15, -0.1) is 0 Å². The molecule has 1 aromatic heterocycles. The highest BCUT2D eigenvalue weighted by atomic mass is 32.2. The molecule has 8 nitrogen and oxygen atoms in total. The summed E-state index contributed by atoms with van der Waals surface area (Å²) < 4.78 is 38.8. The largest absolute Gasteiger partial charge is 0.493 e. The lowest BCUT2D eigenvalue weighted by Gasteiger charge is -2.14. The highest BCUT2D eigenvalue weighted by molar-refractivity contribution is 7.92. The molecule has 0 atom stereocenters. The Morgan fingerprint density at radius 1 is 1.04 bits per heavy atom. The molecule has 0 aliphatic rings. The van der Waals surface area contributed by atoms with Gasteiger partial charge in [0, 0.05) is 29.7 Å². The summed E-state index contributed by atoms with van der Waals surface area (Å²) in [7, 11) is 0.615. The number of anilines is 1. The van der Waals surface area contributed by atoms with Gasteiger partial charge in [-0.1, -0.05) is 0 Å². The van der Waals surface area contributed by atoms with Crippen molar-refractivity contribution in [2.45, 2.75) is 11.8 Å². The van der Waals surface area contributed by atoms with Crippen LogP contribution in [0.25, 0.3) is 10.9 Å². The number of methoxy groups -OCH3 is 2. The summed E-state index contributed by atoms with van der Waals surface area (Å²) in [6, 6.07) is 9.69. The average molecular weight is 403 g/mol. The molecule has 0 saturated carbocycles. The van der Waals surface area contributed by atoms with E-state index in [0.29, 0.717) is 33.8 Å². The van der Waals surface area contributed by atoms with E-state index in [1.165, 1.54) is 20.3 Å². The van der Waals surface area contributed by atoms with Gasteiger partial charge in [-0.2, -0.15) is 0 Å². The summed E-state index contributed by atoms with van der Waals surface area (Å²) >= 11 is 0. The number of sulfonamides is 1. The number of carbonyl (C=O) groups excluding carboxylic acids is 1. The molecule has 3 rings (SSSR count). The van der Waals surface area contributed by atoms with Crippen molar-refractivity contribution >= 4 is 32.5 Å². The Morgan fingerprint density at radius 2 is 1.71 bits per heavy atom. The maximum absolute atomic E-state index is 12.9. The molecule has 1 amide bonds. The zero-order chi connectivity index (χ0) is 20.5. The van der Waals surface area contributed by atoms with Crippen LogP contribution in [0, 0.1) is 6.92 Å². The smallest absolute Gasteiger partial charge is 0.267 e. The maximum Gasteiger partial charge on any atom is 0.267 e. The lowest BCUT2D eigenvalue weighted by molar-refractivity contribution is 0.0959. The van der Waals surface area contributed by atoms with Crippen LogP contribution in [-0.4, -0.2) is 40.6 Å². The molecule has 1 heterocycles. The number of hydrogen-bond donors (Lipinski definition) is 3. The molecule has 0 aliphatic carbocycles. The number of amides is 1. The molecule has 0 radical (unpaired) electrons. The van der Waals surface area contributed by atoms with Crippen molar-refractivity contribution in [3.63, 3.8) is 0 Å². The third-order valence-corrected chi connectivity index (χ3v) is 5.84. The number of aromatic nitrogens is 1. The Bertz CT molecular complexity index is 1150. The fourth-order valence-corrected chi connectivity index (χ4v) is 4.21. The molecule has 148 valence electrons. The number of aryl methyl sites for hydroxylation is 1. The molecule has 3 N–H and O–H groups in total. The molecule has 0 unspecified atom stereocenters. The van der Waals surface area contributed by atoms with Crippen LogP contribution >= 0.6 is 0 Å². The highest BCUT2D eigenvalue weighted by Gasteiger charge is 2.21. The highest BCUT2D eigenvalue weighted by Crippen LogP contribution is 2.33. The Morgan fingerprint density at radius 3 is 2.36 bits per heavy atom. The minimum Gasteiger partial charge on any atom is -0.493 e. The SMILES string of the molecule is CNC(=O)c1cc2cc(NS(=O)(=O)c3cc(OC)c(OC)cc3C)ccc2[nH]1. The van der Waals surface area contributed by atoms with Crippen molar-refractivity contribution in [3.05, 3.63) is 47.7 Å². The van der Waals surface area contributed by atoms with Gasteiger partial charge in [-0.05, 0) is 42.8 Å². The van der Waals surface area contributed by atoms with Crippen molar-refractivity contribution in [1.82, 2.24) is 10.3 Å². The first-order valence-corrected chi connectivity index (χ1v) is 9.87. The third kappa shape index (κ3) is 3.61. The van der Waals surface area contributed by atoms with Gasteiger partial charge in [0.1, 0.15) is 5.69 Å². The number of H-pyrrole nitrogens is 1. The predicted molar refractivity (Wildman–Crippen MR) is 107 cm³/mol. The first kappa shape index (κ1) is 19.6. The summed E-state index contributed by atoms with van der Waals surface area (Å²) in [4.78, 5) is 14.8. The second-order valence-corrected chi connectivity index (χ2v) is 7.79. The van der Waals surface area contributed by atoms with Crippen molar-refractivity contribution < 1.29 is 22.7 Å². The number of rotatable bonds is 6. The van der Waals surface area contributed by atoms with Gasteiger partial charge in [0.05, 0.1) is 19.1 Å². The summed E-state index contributed by atoms with van der Waals surface area (Å²) in [5.41, 5.74) is 2.02. The topological polar surface area (TPSA) is 110 Å². The van der Waals surface area contributed by atoms with E-state index in [4.69, 9.17) is 9.47 Å². The normalized spacial score (nSPS) is 11.3. The molecule has 0 fully saturated rings. The number of ether oxygens (including phenoxy) is 2. The minimum absolute atomic E-state index is 0.0883. The minimum atomic E-state index is -3.86. The summed E-state index contributed by atoms with van der Waals surface area (Å²) in [5.74, 6) is 0.526. The maximum atomic E-state index is 12.9. The second kappa shape index (κ2) is 7.43. The molecule has 0 saturated heterocycles. The van der Waals surface area contributed by atoms with Gasteiger partial charge >= 0.3 is 0 Å². The molecule has 3 aromatic rings. The van der Waals surface area contributed by atoms with Crippen LogP contribution in [0.2, 0.25) is 0 Å². The van der Waals surface area contributed by atoms with E-state index in [9.17, 15) is 13.2 Å². The van der Waals surface area contributed by atoms with E-state index in [1.54, 1.807) is 44.3 Å². The van der Waals surface area contributed by atoms with Crippen LogP contribution in [0.15, 0.2) is 41.3 Å². The Hall–Kier alpha value is -3.20. The molecule has 28 heavy (non-hydrogen) atoms. The first-order valence-electron chi connectivity index (χ1n) is 8.39. The predicted octanol–water partition coefficient (Wildman–Crippen LogP) is 2.65. The number of hydrogen-bond acceptors (Lipinski definition) is 5. The first-order chi connectivity index (χ1) is 13.3. The van der Waals surface area contributed by atoms with Crippen LogP contribution in [0.5, 0.6) is 11.5 Å². The number of benzene rings is 2. The quantitative estimate of drug-likeness (QED) is 0.586. The molecule has 0 bridgehead atoms. The van der Waals surface area contributed by atoms with Gasteiger partial charge in [0.15, 0.2) is 11.5 Å². The Labute approximate surface area is 162 Å². The molecule has 0 aliphatic heterocycles. The van der Waals surface area contributed by atoms with Crippen LogP contribution in [-0.2, 0) is 10.0 Å². The van der Waals surface area contributed by atoms with Crippen LogP contribution in [0.3, 0.4) is 0 Å². The van der Waals surface area contributed by atoms with Crippen LogP contribution in [0.1, 0.15) is 16.1 Å². The Balaban J connectivity index is 1.97. The summed E-state index contributed by atoms with van der Waals surface area (Å²) in [6.07, 6.45) is 0. The fourth-order valence-electron chi connectivity index (χ4n) is 2.91. The third-order valence-electron chi connectivity index (χ3n) is 4.32. The van der Waals surface area contributed by atoms with E-state index in [1.807, 2.05) is 0 Å². The second-order valence-electron chi connectivity index (χ2n) is 6.14. The zero-order valence-electron chi connectivity index (χ0n) is 15.9. The lowest BCUT2D eigenvalue weighted by atomic mass is 10.2. The lowest BCUT2D eigenvalue weighted by Crippen LogP contribution is -2.17. The van der Waals surface area contributed by atoms with E-state index in [-0.39, 0.29) is 10.8 Å². The fraction of sp³-hybridized carbons (Fsp3) is 0.211. The molecule has 9 heteroatoms. The molecule has 0 spiro atoms. The van der Waals surface area contributed by atoms with Crippen molar-refractivity contribution in [2.24, 2.45) is 0 Å². The molecular weight excluding hydrogens is 382 g/mol. The zero-order valence-corrected chi connectivity index (χ0v) is 16.7. The van der Waals surface area contributed by atoms with E-state index in [0.717, 1.165) is 5.52 Å². The van der Waals surface area contributed by atoms with Gasteiger partial charge in [0.2, 0.25) is 0 Å². The molecular formula is C19H21N3O5S. The number of aromatic amines is 1. The average Bonchev–Trinajstić information content (AvgIpc) is 3.09. The van der Waals surface area contributed by atoms with Gasteiger partial charge in [-0.3, -0.25) is 9.52 Å². The monoisotopic (exact) mass is 403 g/mol. The van der Waals surface area contributed by atoms with Crippen molar-refractivity contribution in [1.29, 1.82) is 0 Å². The summed E-state index contributed by atoms with van der Waals surface area (Å²) in [6.45, 7) is 1.68. The van der Waals surface area contributed by atoms with Crippen LogP contribution in [0.4, 0.5) is 5.69 Å². The van der Waals surface area contributed by atoms with E-state index >= 15 is 0 Å². The van der Waals surface area contributed by atoms with Crippen molar-refractivity contribution in [2.75, 3.05) is 26.0 Å². The number of carbonyl (C=O) groups is 1. The summed E-state index contributed by atoms with van der Waals surface area (Å²) in [5, 5.41) is 3.25.